The van der Waals surface area contributed by atoms with E-state index in [9.17, 15) is 9.59 Å². The van der Waals surface area contributed by atoms with Gasteiger partial charge >= 0.3 is 0 Å². The van der Waals surface area contributed by atoms with Crippen LogP contribution >= 0.6 is 0 Å². The van der Waals surface area contributed by atoms with Gasteiger partial charge in [0.05, 0.1) is 25.3 Å². The fraction of sp³-hybridized carbons (Fsp3) is 0.269. The molecule has 6 heteroatoms. The molecule has 0 spiro atoms. The normalized spacial score (nSPS) is 16.1. The predicted molar refractivity (Wildman–Crippen MR) is 123 cm³/mol. The van der Waals surface area contributed by atoms with E-state index in [4.69, 9.17) is 10.5 Å². The van der Waals surface area contributed by atoms with Crippen LogP contribution in [0, 0.1) is 13.8 Å². The van der Waals surface area contributed by atoms with Gasteiger partial charge in [-0.3, -0.25) is 14.6 Å². The highest BCUT2D eigenvalue weighted by Gasteiger charge is 2.26. The minimum atomic E-state index is -0.448. The Hall–Kier alpha value is -3.51. The summed E-state index contributed by atoms with van der Waals surface area (Å²) >= 11 is 0. The van der Waals surface area contributed by atoms with Gasteiger partial charge < -0.3 is 15.4 Å². The van der Waals surface area contributed by atoms with Gasteiger partial charge in [0, 0.05) is 23.9 Å². The fourth-order valence-corrected chi connectivity index (χ4v) is 3.85. The Balaban J connectivity index is 1.41. The van der Waals surface area contributed by atoms with E-state index in [1.807, 2.05) is 35.2 Å². The monoisotopic (exact) mass is 429 g/mol. The number of amides is 2. The first-order valence-electron chi connectivity index (χ1n) is 10.7. The molecule has 1 aromatic heterocycles. The molecule has 2 amide bonds. The first-order chi connectivity index (χ1) is 15.4. The van der Waals surface area contributed by atoms with Gasteiger partial charge in [-0.25, -0.2) is 0 Å². The molecule has 2 aromatic carbocycles. The summed E-state index contributed by atoms with van der Waals surface area (Å²) in [6, 6.07) is 17.2. The zero-order chi connectivity index (χ0) is 22.7. The summed E-state index contributed by atoms with van der Waals surface area (Å²) in [6.45, 7) is 5.70. The van der Waals surface area contributed by atoms with Gasteiger partial charge in [0.1, 0.15) is 6.10 Å². The van der Waals surface area contributed by atoms with Gasteiger partial charge in [0.2, 0.25) is 11.8 Å². The van der Waals surface area contributed by atoms with Crippen molar-refractivity contribution in [3.05, 3.63) is 88.7 Å². The minimum Gasteiger partial charge on any atom is -0.368 e. The van der Waals surface area contributed by atoms with Gasteiger partial charge in [0.15, 0.2) is 0 Å². The van der Waals surface area contributed by atoms with Crippen molar-refractivity contribution in [1.29, 1.82) is 0 Å². The Labute approximate surface area is 188 Å². The highest BCUT2D eigenvalue weighted by molar-refractivity contribution is 5.93. The lowest BCUT2D eigenvalue weighted by Gasteiger charge is -2.33. The maximum atomic E-state index is 12.9. The molecule has 2 N–H and O–H groups in total. The van der Waals surface area contributed by atoms with E-state index in [1.165, 1.54) is 11.1 Å². The second kappa shape index (κ2) is 9.32. The van der Waals surface area contributed by atoms with Crippen molar-refractivity contribution in [2.45, 2.75) is 26.4 Å². The number of hydrogen-bond donors (Lipinski definition) is 1. The summed E-state index contributed by atoms with van der Waals surface area (Å²) in [5.41, 5.74) is 11.9. The molecule has 0 saturated carbocycles. The molecule has 0 bridgehead atoms. The van der Waals surface area contributed by atoms with E-state index >= 15 is 0 Å². The number of aryl methyl sites for hydroxylation is 2. The second-order valence-corrected chi connectivity index (χ2v) is 8.21. The fourth-order valence-electron chi connectivity index (χ4n) is 3.85. The van der Waals surface area contributed by atoms with Crippen LogP contribution in [0.15, 0.2) is 60.8 Å². The molecular formula is C26H27N3O3. The number of aromatic nitrogens is 1. The molecule has 6 nitrogen and oxygen atoms in total. The molecule has 1 saturated heterocycles. The molecule has 32 heavy (non-hydrogen) atoms. The Kier molecular flexibility index (Phi) is 6.32. The lowest BCUT2D eigenvalue weighted by molar-refractivity contribution is -0.138. The highest BCUT2D eigenvalue weighted by atomic mass is 16.5. The number of rotatable bonds is 5. The molecular weight excluding hydrogens is 402 g/mol. The average Bonchev–Trinajstić information content (AvgIpc) is 2.82. The smallest absolute Gasteiger partial charge is 0.248 e. The lowest BCUT2D eigenvalue weighted by atomic mass is 10.0. The highest BCUT2D eigenvalue weighted by Crippen LogP contribution is 2.25. The van der Waals surface area contributed by atoms with Crippen molar-refractivity contribution >= 4 is 11.8 Å². The number of primary amides is 1. The number of ether oxygens (including phenoxy) is 1. The first-order valence-corrected chi connectivity index (χ1v) is 10.7. The maximum absolute atomic E-state index is 12.9. The molecule has 164 valence electrons. The van der Waals surface area contributed by atoms with Gasteiger partial charge in [0.25, 0.3) is 0 Å². The summed E-state index contributed by atoms with van der Waals surface area (Å²) in [5, 5.41) is 0. The molecule has 0 radical (unpaired) electrons. The average molecular weight is 430 g/mol. The summed E-state index contributed by atoms with van der Waals surface area (Å²) in [6.07, 6.45) is 1.92. The number of carbonyl (C=O) groups is 2. The molecule has 4 rings (SSSR count). The van der Waals surface area contributed by atoms with Crippen molar-refractivity contribution in [1.82, 2.24) is 9.88 Å². The summed E-state index contributed by atoms with van der Waals surface area (Å²) in [7, 11) is 0. The Morgan fingerprint density at radius 2 is 1.78 bits per heavy atom. The van der Waals surface area contributed by atoms with E-state index in [-0.39, 0.29) is 12.0 Å². The van der Waals surface area contributed by atoms with Crippen LogP contribution in [0.25, 0.3) is 11.1 Å². The largest absolute Gasteiger partial charge is 0.368 e. The molecule has 1 fully saturated rings. The van der Waals surface area contributed by atoms with Gasteiger partial charge in [-0.2, -0.15) is 0 Å². The van der Waals surface area contributed by atoms with Crippen molar-refractivity contribution < 1.29 is 14.3 Å². The number of pyridine rings is 1. The van der Waals surface area contributed by atoms with Crippen molar-refractivity contribution in [2.24, 2.45) is 5.73 Å². The molecule has 2 heterocycles. The molecule has 1 atom stereocenters. The Morgan fingerprint density at radius 3 is 2.44 bits per heavy atom. The second-order valence-electron chi connectivity index (χ2n) is 8.21. The molecule has 1 aliphatic rings. The maximum Gasteiger partial charge on any atom is 0.248 e. The van der Waals surface area contributed by atoms with Crippen LogP contribution in [0.1, 0.15) is 38.8 Å². The van der Waals surface area contributed by atoms with E-state index in [2.05, 4.69) is 31.0 Å². The summed E-state index contributed by atoms with van der Waals surface area (Å²) in [5.74, 6) is -0.344. The van der Waals surface area contributed by atoms with Crippen LogP contribution in [0.2, 0.25) is 0 Å². The first kappa shape index (κ1) is 21.7. The predicted octanol–water partition coefficient (Wildman–Crippen LogP) is 3.61. The van der Waals surface area contributed by atoms with Crippen LogP contribution in [0.4, 0.5) is 0 Å². The van der Waals surface area contributed by atoms with Crippen molar-refractivity contribution in [3.63, 3.8) is 0 Å². The number of nitrogens with two attached hydrogens (primary N) is 1. The third-order valence-corrected chi connectivity index (χ3v) is 5.96. The number of nitrogens with zero attached hydrogens (tertiary/aromatic N) is 2. The van der Waals surface area contributed by atoms with Crippen LogP contribution in [-0.4, -0.2) is 41.4 Å². The number of carbonyl (C=O) groups excluding carboxylic acids is 2. The quantitative estimate of drug-likeness (QED) is 0.671. The van der Waals surface area contributed by atoms with Gasteiger partial charge in [-0.1, -0.05) is 36.4 Å². The molecule has 0 unspecified atom stereocenters. The van der Waals surface area contributed by atoms with E-state index < -0.39 is 5.91 Å². The Bertz CT molecular complexity index is 1120. The topological polar surface area (TPSA) is 85.5 Å². The van der Waals surface area contributed by atoms with Crippen LogP contribution in [0.3, 0.4) is 0 Å². The van der Waals surface area contributed by atoms with Gasteiger partial charge in [-0.05, 0) is 54.3 Å². The lowest BCUT2D eigenvalue weighted by Crippen LogP contribution is -2.43. The standard InChI is InChI=1S/C26H27N3O3/c1-17-3-4-19(13-18(17)2)14-25(30)29-11-12-32-24(16-29)23-10-9-22(15-28-23)20-5-7-21(8-6-20)26(27)31/h3-10,13,15,24H,11-12,14,16H2,1-2H3,(H2,27,31)/t24-/m0/s1. The number of hydrogen-bond acceptors (Lipinski definition) is 4. The number of benzene rings is 2. The van der Waals surface area contributed by atoms with Gasteiger partial charge in [-0.15, -0.1) is 0 Å². The molecule has 3 aromatic rings. The third-order valence-electron chi connectivity index (χ3n) is 5.96. The van der Waals surface area contributed by atoms with Crippen LogP contribution < -0.4 is 5.73 Å². The van der Waals surface area contributed by atoms with Crippen molar-refractivity contribution in [3.8, 4) is 11.1 Å². The minimum absolute atomic E-state index is 0.104. The Morgan fingerprint density at radius 1 is 1.03 bits per heavy atom. The van der Waals surface area contributed by atoms with Crippen LogP contribution in [-0.2, 0) is 16.0 Å². The molecule has 0 aliphatic carbocycles. The zero-order valence-corrected chi connectivity index (χ0v) is 18.4. The van der Waals surface area contributed by atoms with Crippen LogP contribution in [0.5, 0.6) is 0 Å². The third kappa shape index (κ3) is 4.86. The molecule has 1 aliphatic heterocycles. The van der Waals surface area contributed by atoms with E-state index in [1.54, 1.807) is 18.3 Å². The zero-order valence-electron chi connectivity index (χ0n) is 18.4. The van der Waals surface area contributed by atoms with Crippen molar-refractivity contribution in [2.75, 3.05) is 19.7 Å². The van der Waals surface area contributed by atoms with E-state index in [0.29, 0.717) is 31.7 Å². The summed E-state index contributed by atoms with van der Waals surface area (Å²) in [4.78, 5) is 30.6. The SMILES string of the molecule is Cc1ccc(CC(=O)N2CCO[C@H](c3ccc(-c4ccc(C(N)=O)cc4)cn3)C2)cc1C. The van der Waals surface area contributed by atoms with E-state index in [0.717, 1.165) is 22.4 Å². The summed E-state index contributed by atoms with van der Waals surface area (Å²) < 4.78 is 5.91. The number of morpholine rings is 1.